The Morgan fingerprint density at radius 1 is 0.973 bits per heavy atom. The van der Waals surface area contributed by atoms with Crippen LogP contribution in [0, 0.1) is 36.5 Å². The Balaban J connectivity index is 1.31. The first-order valence-corrected chi connectivity index (χ1v) is 13.8. The number of hydrogen-bond acceptors (Lipinski definition) is 5. The van der Waals surface area contributed by atoms with Crippen molar-refractivity contribution in [2.45, 2.75) is 35.7 Å². The molecule has 2 amide bonds. The number of halogens is 3. The summed E-state index contributed by atoms with van der Waals surface area (Å²) < 4.78 is 40.1. The largest absolute Gasteiger partial charge is 0.416 e. The number of nitrogens with zero attached hydrogens (tertiary/aromatic N) is 1. The summed E-state index contributed by atoms with van der Waals surface area (Å²) in [6, 6.07) is 12.5. The smallest absolute Gasteiger partial charge is 0.307 e. The highest BCUT2D eigenvalue weighted by Crippen LogP contribution is 2.68. The van der Waals surface area contributed by atoms with Gasteiger partial charge in [-0.3, -0.25) is 19.3 Å². The molecule has 5 nitrogen and oxygen atoms in total. The van der Waals surface area contributed by atoms with Crippen molar-refractivity contribution in [3.8, 4) is 0 Å². The number of anilines is 1. The van der Waals surface area contributed by atoms with Gasteiger partial charge in [-0.1, -0.05) is 41.7 Å². The van der Waals surface area contributed by atoms with E-state index < -0.39 is 35.4 Å². The van der Waals surface area contributed by atoms with Gasteiger partial charge in [-0.25, -0.2) is 0 Å². The van der Waals surface area contributed by atoms with E-state index in [1.807, 2.05) is 25.1 Å². The molecule has 1 N–H and O–H groups in total. The van der Waals surface area contributed by atoms with Gasteiger partial charge in [0.2, 0.25) is 11.8 Å². The molecule has 2 bridgehead atoms. The minimum Gasteiger partial charge on any atom is -0.307 e. The molecule has 190 valence electrons. The summed E-state index contributed by atoms with van der Waals surface area (Å²) in [5.41, 5.74) is 1.31. The van der Waals surface area contributed by atoms with Gasteiger partial charge < -0.3 is 4.98 Å². The topological polar surface area (TPSA) is 70.2 Å². The zero-order valence-electron chi connectivity index (χ0n) is 19.5. The third kappa shape index (κ3) is 3.21. The first-order chi connectivity index (χ1) is 17.6. The Hall–Kier alpha value is -2.85. The highest BCUT2D eigenvalue weighted by Gasteiger charge is 2.69. The fourth-order valence-electron chi connectivity index (χ4n) is 7.38. The fraction of sp³-hybridized carbons (Fsp3) is 0.370. The number of rotatable bonds is 2. The van der Waals surface area contributed by atoms with E-state index in [4.69, 9.17) is 0 Å². The van der Waals surface area contributed by atoms with Crippen LogP contribution in [0.3, 0.4) is 0 Å². The third-order valence-corrected chi connectivity index (χ3v) is 11.3. The molecular formula is C27H21F3N2O3S2. The molecular weight excluding hydrogens is 521 g/mol. The van der Waals surface area contributed by atoms with Crippen LogP contribution in [-0.4, -0.2) is 22.0 Å². The summed E-state index contributed by atoms with van der Waals surface area (Å²) in [7, 11) is 0. The van der Waals surface area contributed by atoms with E-state index in [-0.39, 0.29) is 39.5 Å². The Kier molecular flexibility index (Phi) is 4.93. The predicted molar refractivity (Wildman–Crippen MR) is 134 cm³/mol. The standard InChI is InChI=1S/C27H21F3N2O3S2/c1-11-5-2-3-8-14(11)17-18-15-10-16(21(18)36-23-22(17)37-26(35)31-23)20-19(15)24(33)32(25(20)34)13-7-4-6-12(9-13)27(28,29)30/h2-9,15-21H,10H2,1H3,(H,31,35)/t15?,16?,17-,18?,19?,20?,21?/m1/s1. The molecule has 1 saturated heterocycles. The van der Waals surface area contributed by atoms with Crippen LogP contribution in [0.4, 0.5) is 18.9 Å². The Bertz CT molecular complexity index is 1530. The van der Waals surface area contributed by atoms with Gasteiger partial charge in [-0.2, -0.15) is 13.2 Å². The quantitative estimate of drug-likeness (QED) is 0.438. The first kappa shape index (κ1) is 23.3. The Morgan fingerprint density at radius 3 is 2.43 bits per heavy atom. The fourth-order valence-corrected chi connectivity index (χ4v) is 10.3. The molecule has 37 heavy (non-hydrogen) atoms. The third-order valence-electron chi connectivity index (χ3n) is 8.68. The lowest BCUT2D eigenvalue weighted by Gasteiger charge is -2.43. The number of imide groups is 1. The number of thioether (sulfide) groups is 1. The van der Waals surface area contributed by atoms with Crippen LogP contribution in [0.5, 0.6) is 0 Å². The van der Waals surface area contributed by atoms with E-state index in [9.17, 15) is 27.6 Å². The maximum atomic E-state index is 13.7. The summed E-state index contributed by atoms with van der Waals surface area (Å²) >= 11 is 2.80. The van der Waals surface area contributed by atoms with Gasteiger partial charge in [0.15, 0.2) is 0 Å². The second-order valence-corrected chi connectivity index (χ2v) is 12.6. The number of aromatic amines is 1. The lowest BCUT2D eigenvalue weighted by atomic mass is 9.67. The van der Waals surface area contributed by atoms with Crippen LogP contribution >= 0.6 is 23.1 Å². The average Bonchev–Trinajstić information content (AvgIpc) is 3.58. The van der Waals surface area contributed by atoms with Crippen molar-refractivity contribution in [1.29, 1.82) is 0 Å². The van der Waals surface area contributed by atoms with Gasteiger partial charge in [-0.05, 0) is 60.4 Å². The van der Waals surface area contributed by atoms with Crippen molar-refractivity contribution < 1.29 is 22.8 Å². The van der Waals surface area contributed by atoms with Crippen molar-refractivity contribution in [1.82, 2.24) is 4.98 Å². The van der Waals surface area contributed by atoms with Crippen LogP contribution in [0.2, 0.25) is 0 Å². The van der Waals surface area contributed by atoms with Crippen molar-refractivity contribution >= 4 is 40.6 Å². The molecule has 0 spiro atoms. The van der Waals surface area contributed by atoms with E-state index in [2.05, 4.69) is 11.1 Å². The number of benzene rings is 2. The molecule has 1 aromatic heterocycles. The van der Waals surface area contributed by atoms with E-state index in [1.54, 1.807) is 11.8 Å². The molecule has 3 heterocycles. The van der Waals surface area contributed by atoms with Crippen molar-refractivity contribution in [2.24, 2.45) is 29.6 Å². The van der Waals surface area contributed by atoms with Gasteiger partial charge in [0.25, 0.3) is 0 Å². The summed E-state index contributed by atoms with van der Waals surface area (Å²) in [6.07, 6.45) is -3.84. The molecule has 3 fully saturated rings. The normalized spacial score (nSPS) is 32.0. The molecule has 2 aliphatic carbocycles. The van der Waals surface area contributed by atoms with Gasteiger partial charge in [0, 0.05) is 16.0 Å². The molecule has 4 aliphatic rings. The second-order valence-electron chi connectivity index (χ2n) is 10.4. The number of carbonyl (C=O) groups is 2. The SMILES string of the molecule is Cc1ccccc1[C@H]1c2sc(=O)[nH]c2SC2C3CC(C4C(=O)N(c5cccc(C(F)(F)F)c5)C(=O)C34)C21. The summed E-state index contributed by atoms with van der Waals surface area (Å²) in [4.78, 5) is 44.6. The molecule has 6 unspecified atom stereocenters. The number of fused-ring (bicyclic) bond motifs is 9. The summed E-state index contributed by atoms with van der Waals surface area (Å²) in [5, 5.41) is 0.868. The molecule has 10 heteroatoms. The number of nitrogens with one attached hydrogen (secondary N) is 1. The molecule has 7 rings (SSSR count). The lowest BCUT2D eigenvalue weighted by Crippen LogP contribution is -2.42. The number of alkyl halides is 3. The Morgan fingerprint density at radius 2 is 1.70 bits per heavy atom. The number of aryl methyl sites for hydroxylation is 1. The van der Waals surface area contributed by atoms with Crippen LogP contribution in [0.15, 0.2) is 58.4 Å². The van der Waals surface area contributed by atoms with E-state index in [1.165, 1.54) is 23.5 Å². The molecule has 2 aromatic carbocycles. The van der Waals surface area contributed by atoms with Crippen molar-refractivity contribution in [3.05, 3.63) is 79.8 Å². The van der Waals surface area contributed by atoms with E-state index in [0.717, 1.165) is 44.5 Å². The maximum Gasteiger partial charge on any atom is 0.416 e. The van der Waals surface area contributed by atoms with Crippen molar-refractivity contribution in [2.75, 3.05) is 4.90 Å². The number of amides is 2. The van der Waals surface area contributed by atoms with Crippen LogP contribution in [0.25, 0.3) is 0 Å². The molecule has 3 aromatic rings. The zero-order valence-corrected chi connectivity index (χ0v) is 21.1. The van der Waals surface area contributed by atoms with Crippen molar-refractivity contribution in [3.63, 3.8) is 0 Å². The van der Waals surface area contributed by atoms with Crippen LogP contribution in [0.1, 0.15) is 33.9 Å². The second kappa shape index (κ2) is 7.83. The summed E-state index contributed by atoms with van der Waals surface area (Å²) in [5.74, 6) is -2.11. The number of aromatic nitrogens is 1. The minimum atomic E-state index is -4.57. The van der Waals surface area contributed by atoms with Gasteiger partial charge in [-0.15, -0.1) is 11.8 Å². The van der Waals surface area contributed by atoms with Gasteiger partial charge in [0.05, 0.1) is 28.1 Å². The first-order valence-electron chi connectivity index (χ1n) is 12.2. The Labute approximate surface area is 218 Å². The number of H-pyrrole nitrogens is 1. The van der Waals surface area contributed by atoms with Crippen LogP contribution in [-0.2, 0) is 15.8 Å². The summed E-state index contributed by atoms with van der Waals surface area (Å²) in [6.45, 7) is 2.04. The van der Waals surface area contributed by atoms with Gasteiger partial charge in [0.1, 0.15) is 0 Å². The lowest BCUT2D eigenvalue weighted by molar-refractivity contribution is -0.137. The maximum absolute atomic E-state index is 13.7. The number of thiazole rings is 1. The zero-order chi connectivity index (χ0) is 25.8. The number of hydrogen-bond donors (Lipinski definition) is 1. The minimum absolute atomic E-state index is 0.0202. The van der Waals surface area contributed by atoms with Crippen LogP contribution < -0.4 is 9.77 Å². The average molecular weight is 543 g/mol. The molecule has 0 radical (unpaired) electrons. The molecule has 2 saturated carbocycles. The highest BCUT2D eigenvalue weighted by molar-refractivity contribution is 8.00. The van der Waals surface area contributed by atoms with Gasteiger partial charge >= 0.3 is 11.0 Å². The molecule has 2 aliphatic heterocycles. The van der Waals surface area contributed by atoms with E-state index >= 15 is 0 Å². The monoisotopic (exact) mass is 542 g/mol. The van der Waals surface area contributed by atoms with E-state index in [0.29, 0.717) is 0 Å². The number of carbonyl (C=O) groups excluding carboxylic acids is 2. The molecule has 7 atom stereocenters. The highest BCUT2D eigenvalue weighted by atomic mass is 32.2. The predicted octanol–water partition coefficient (Wildman–Crippen LogP) is 5.44.